The Morgan fingerprint density at radius 1 is 1.00 bits per heavy atom. The van der Waals surface area contributed by atoms with Gasteiger partial charge in [0.05, 0.1) is 19.3 Å². The molecule has 1 aliphatic heterocycles. The lowest BCUT2D eigenvalue weighted by molar-refractivity contribution is -0.144. The Bertz CT molecular complexity index is 1230. The van der Waals surface area contributed by atoms with Crippen LogP contribution in [0.2, 0.25) is 0 Å². The number of ether oxygens (including phenoxy) is 1. The molecule has 3 atom stereocenters. The molecular formula is C38H58N4O5. The van der Waals surface area contributed by atoms with Gasteiger partial charge >= 0.3 is 0 Å². The Labute approximate surface area is 282 Å². The van der Waals surface area contributed by atoms with Gasteiger partial charge in [-0.2, -0.15) is 0 Å². The third-order valence-corrected chi connectivity index (χ3v) is 9.59. The van der Waals surface area contributed by atoms with E-state index in [-0.39, 0.29) is 30.4 Å². The van der Waals surface area contributed by atoms with Crippen LogP contribution in [-0.4, -0.2) is 73.2 Å². The summed E-state index contributed by atoms with van der Waals surface area (Å²) in [6.45, 7) is 4.51. The summed E-state index contributed by atoms with van der Waals surface area (Å²) in [5.74, 6) is 0.119. The van der Waals surface area contributed by atoms with E-state index in [1.807, 2.05) is 13.0 Å². The molecule has 2 aromatic carbocycles. The second-order valence-electron chi connectivity index (χ2n) is 13.0. The van der Waals surface area contributed by atoms with Crippen molar-refractivity contribution in [3.63, 3.8) is 0 Å². The van der Waals surface area contributed by atoms with Gasteiger partial charge in [-0.3, -0.25) is 14.4 Å². The topological polar surface area (TPSA) is 134 Å². The number of nitrogens with two attached hydrogens (primary N) is 1. The first kappa shape index (κ1) is 38.0. The maximum atomic E-state index is 13.0. The summed E-state index contributed by atoms with van der Waals surface area (Å²) in [7, 11) is 1.55. The van der Waals surface area contributed by atoms with Crippen molar-refractivity contribution in [1.29, 1.82) is 0 Å². The predicted octanol–water partition coefficient (Wildman–Crippen LogP) is 4.57. The van der Waals surface area contributed by atoms with Crippen LogP contribution < -0.4 is 21.1 Å². The summed E-state index contributed by atoms with van der Waals surface area (Å²) in [6.07, 6.45) is 12.3. The molecular weight excluding hydrogens is 592 g/mol. The number of aliphatic hydroxyl groups excluding tert-OH is 1. The van der Waals surface area contributed by atoms with Gasteiger partial charge < -0.3 is 31.1 Å². The molecule has 3 unspecified atom stereocenters. The van der Waals surface area contributed by atoms with Gasteiger partial charge in [0, 0.05) is 19.5 Å². The maximum Gasteiger partial charge on any atom is 0.245 e. The van der Waals surface area contributed by atoms with Crippen molar-refractivity contribution in [1.82, 2.24) is 15.5 Å². The monoisotopic (exact) mass is 650 g/mol. The van der Waals surface area contributed by atoms with Gasteiger partial charge in [0.25, 0.3) is 0 Å². The lowest BCUT2D eigenvalue weighted by Gasteiger charge is -2.32. The summed E-state index contributed by atoms with van der Waals surface area (Å²) < 4.78 is 6.29. The molecule has 0 spiro atoms. The smallest absolute Gasteiger partial charge is 0.245 e. The molecule has 0 bridgehead atoms. The minimum Gasteiger partial charge on any atom is -0.490 e. The minimum absolute atomic E-state index is 0.140. The molecule has 9 nitrogen and oxygen atoms in total. The summed E-state index contributed by atoms with van der Waals surface area (Å²) in [5.41, 5.74) is 9.45. The van der Waals surface area contributed by atoms with Crippen molar-refractivity contribution in [2.24, 2.45) is 17.6 Å². The number of para-hydroxylation sites is 1. The van der Waals surface area contributed by atoms with Gasteiger partial charge in [-0.1, -0.05) is 81.6 Å². The van der Waals surface area contributed by atoms with Gasteiger partial charge in [0.1, 0.15) is 11.8 Å². The van der Waals surface area contributed by atoms with Crippen molar-refractivity contribution in [2.45, 2.75) is 103 Å². The maximum absolute atomic E-state index is 13.0. The molecule has 1 heterocycles. The number of hydrogen-bond donors (Lipinski definition) is 4. The Hall–Kier alpha value is -3.43. The van der Waals surface area contributed by atoms with Crippen molar-refractivity contribution >= 4 is 17.7 Å². The number of benzene rings is 2. The highest BCUT2D eigenvalue weighted by atomic mass is 16.5. The Morgan fingerprint density at radius 2 is 1.74 bits per heavy atom. The summed E-state index contributed by atoms with van der Waals surface area (Å²) in [6, 6.07) is 15.7. The third-order valence-electron chi connectivity index (χ3n) is 9.59. The molecule has 47 heavy (non-hydrogen) atoms. The average molecular weight is 651 g/mol. The van der Waals surface area contributed by atoms with Crippen LogP contribution in [0.3, 0.4) is 0 Å². The second-order valence-corrected chi connectivity index (χ2v) is 13.0. The number of likely N-dealkylation sites (N-methyl/N-ethyl adjacent to an activating group) is 1. The lowest BCUT2D eigenvalue weighted by Crippen LogP contribution is -2.53. The SMILES string of the molecule is CC(C(=O)N(C)C(CO)C(=O)NCC(=O)NCCCc1cccc2c1OC(CCCN)CC2)C1CCCCC1.CCc1ccccc1. The van der Waals surface area contributed by atoms with Crippen LogP contribution in [0.25, 0.3) is 0 Å². The molecule has 260 valence electrons. The first-order valence-electron chi connectivity index (χ1n) is 17.7. The first-order valence-corrected chi connectivity index (χ1v) is 17.7. The second kappa shape index (κ2) is 20.7. The minimum atomic E-state index is -1.02. The molecule has 0 saturated heterocycles. The van der Waals surface area contributed by atoms with Crippen molar-refractivity contribution in [2.75, 3.05) is 33.3 Å². The molecule has 9 heteroatoms. The zero-order chi connectivity index (χ0) is 34.0. The number of nitrogens with one attached hydrogen (secondary N) is 2. The van der Waals surface area contributed by atoms with Crippen LogP contribution in [0.15, 0.2) is 48.5 Å². The number of amides is 3. The van der Waals surface area contributed by atoms with E-state index in [9.17, 15) is 19.5 Å². The van der Waals surface area contributed by atoms with Gasteiger partial charge in [0.15, 0.2) is 0 Å². The Balaban J connectivity index is 0.000000653. The molecule has 0 aromatic heterocycles. The number of aryl methyl sites for hydroxylation is 3. The molecule has 4 rings (SSSR count). The fourth-order valence-electron chi connectivity index (χ4n) is 6.53. The van der Waals surface area contributed by atoms with Gasteiger partial charge in [-0.25, -0.2) is 0 Å². The number of rotatable bonds is 15. The van der Waals surface area contributed by atoms with Crippen molar-refractivity contribution in [3.05, 3.63) is 65.2 Å². The fraction of sp³-hybridized carbons (Fsp3) is 0.605. The number of aliphatic hydroxyl groups is 1. The Kier molecular flexibility index (Phi) is 16.8. The normalized spacial score (nSPS) is 17.2. The molecule has 2 aromatic rings. The third kappa shape index (κ3) is 12.3. The lowest BCUT2D eigenvalue weighted by atomic mass is 9.80. The quantitative estimate of drug-likeness (QED) is 0.209. The zero-order valence-electron chi connectivity index (χ0n) is 28.8. The molecule has 1 aliphatic carbocycles. The van der Waals surface area contributed by atoms with Gasteiger partial charge in [0.2, 0.25) is 17.7 Å². The molecule has 5 N–H and O–H groups in total. The van der Waals surface area contributed by atoms with E-state index >= 15 is 0 Å². The standard InChI is InChI=1S/C30H48N4O5.C8H10/c1-21(22-9-4-3-5-10-22)30(38)34(2)26(20-35)29(37)33-19-27(36)32-18-8-13-23-11-6-12-24-15-16-25(14-7-17-31)39-28(23)24;1-2-8-6-4-3-5-7-8/h6,11-12,21-22,25-26,35H,3-5,7-10,13-20,31H2,1-2H3,(H,32,36)(H,33,37);3-7H,2H2,1H3. The highest BCUT2D eigenvalue weighted by molar-refractivity contribution is 5.91. The van der Waals surface area contributed by atoms with Gasteiger partial charge in [-0.05, 0) is 86.9 Å². The summed E-state index contributed by atoms with van der Waals surface area (Å²) in [5, 5.41) is 15.2. The van der Waals surface area contributed by atoms with E-state index in [0.717, 1.165) is 81.9 Å². The number of hydrogen-bond acceptors (Lipinski definition) is 6. The molecule has 1 saturated carbocycles. The van der Waals surface area contributed by atoms with Crippen LogP contribution >= 0.6 is 0 Å². The highest BCUT2D eigenvalue weighted by Gasteiger charge is 2.33. The van der Waals surface area contributed by atoms with Crippen LogP contribution in [0.1, 0.15) is 88.3 Å². The van der Waals surface area contributed by atoms with E-state index in [4.69, 9.17) is 10.5 Å². The molecule has 3 amide bonds. The van der Waals surface area contributed by atoms with E-state index in [2.05, 4.69) is 60.0 Å². The molecule has 0 radical (unpaired) electrons. The predicted molar refractivity (Wildman–Crippen MR) is 187 cm³/mol. The molecule has 1 fully saturated rings. The van der Waals surface area contributed by atoms with E-state index in [1.165, 1.54) is 22.4 Å². The number of carbonyl (C=O) groups is 3. The van der Waals surface area contributed by atoms with E-state index in [1.54, 1.807) is 7.05 Å². The summed E-state index contributed by atoms with van der Waals surface area (Å²) >= 11 is 0. The Morgan fingerprint density at radius 3 is 2.40 bits per heavy atom. The number of nitrogens with zero attached hydrogens (tertiary/aromatic N) is 1. The zero-order valence-corrected chi connectivity index (χ0v) is 28.8. The van der Waals surface area contributed by atoms with Gasteiger partial charge in [-0.15, -0.1) is 0 Å². The number of fused-ring (bicyclic) bond motifs is 1. The largest absolute Gasteiger partial charge is 0.490 e. The fourth-order valence-corrected chi connectivity index (χ4v) is 6.53. The van der Waals surface area contributed by atoms with Crippen molar-refractivity contribution in [3.8, 4) is 5.75 Å². The van der Waals surface area contributed by atoms with Crippen LogP contribution in [0, 0.1) is 11.8 Å². The number of carbonyl (C=O) groups excluding carboxylic acids is 3. The van der Waals surface area contributed by atoms with E-state index < -0.39 is 18.6 Å². The van der Waals surface area contributed by atoms with E-state index in [0.29, 0.717) is 19.0 Å². The van der Waals surface area contributed by atoms with Crippen LogP contribution in [-0.2, 0) is 33.6 Å². The highest BCUT2D eigenvalue weighted by Crippen LogP contribution is 2.33. The average Bonchev–Trinajstić information content (AvgIpc) is 3.12. The molecule has 2 aliphatic rings. The first-order chi connectivity index (χ1) is 22.8. The summed E-state index contributed by atoms with van der Waals surface area (Å²) in [4.78, 5) is 39.4. The van der Waals surface area contributed by atoms with Crippen molar-refractivity contribution < 1.29 is 24.2 Å². The van der Waals surface area contributed by atoms with Crippen LogP contribution in [0.5, 0.6) is 5.75 Å². The van der Waals surface area contributed by atoms with Crippen LogP contribution in [0.4, 0.5) is 0 Å².